The highest BCUT2D eigenvalue weighted by atomic mass is 19.1. The molecule has 1 aromatic heterocycles. The molecule has 0 bridgehead atoms. The average Bonchev–Trinajstić information content (AvgIpc) is 3.11. The van der Waals surface area contributed by atoms with Crippen molar-refractivity contribution in [2.45, 2.75) is 6.92 Å². The molecule has 1 aromatic carbocycles. The van der Waals surface area contributed by atoms with E-state index < -0.39 is 0 Å². The lowest BCUT2D eigenvalue weighted by Gasteiger charge is -2.27. The average molecular weight is 379 g/mol. The Morgan fingerprint density at radius 3 is 2.75 bits per heavy atom. The van der Waals surface area contributed by atoms with Crippen LogP contribution in [0.5, 0.6) is 0 Å². The second kappa shape index (κ2) is 8.26. The number of amidine groups is 1. The number of halogens is 1. The summed E-state index contributed by atoms with van der Waals surface area (Å²) in [7, 11) is 0. The molecule has 28 heavy (non-hydrogen) atoms. The first-order valence-corrected chi connectivity index (χ1v) is 9.30. The molecule has 0 radical (unpaired) electrons. The molecule has 0 unspecified atom stereocenters. The van der Waals surface area contributed by atoms with Gasteiger partial charge in [0, 0.05) is 26.2 Å². The van der Waals surface area contributed by atoms with Crippen molar-refractivity contribution >= 4 is 29.9 Å². The number of hydrogen-bond donors (Lipinski definition) is 2. The maximum atomic E-state index is 13.4. The minimum atomic E-state index is -0.275. The lowest BCUT2D eigenvalue weighted by Crippen LogP contribution is -2.44. The summed E-state index contributed by atoms with van der Waals surface area (Å²) in [5.41, 5.74) is 1.93. The Kier molecular flexibility index (Phi) is 5.38. The fourth-order valence-electron chi connectivity index (χ4n) is 3.02. The van der Waals surface area contributed by atoms with Crippen LogP contribution in [0.1, 0.15) is 18.3 Å². The van der Waals surface area contributed by atoms with Gasteiger partial charge in [-0.1, -0.05) is 18.2 Å². The first-order valence-electron chi connectivity index (χ1n) is 9.30. The van der Waals surface area contributed by atoms with Crippen molar-refractivity contribution in [3.8, 4) is 0 Å². The van der Waals surface area contributed by atoms with Crippen molar-refractivity contribution in [3.05, 3.63) is 53.1 Å². The molecule has 3 heterocycles. The summed E-state index contributed by atoms with van der Waals surface area (Å²) >= 11 is 0. The van der Waals surface area contributed by atoms with Gasteiger partial charge in [-0.2, -0.15) is 15.0 Å². The highest BCUT2D eigenvalue weighted by molar-refractivity contribution is 6.04. The van der Waals surface area contributed by atoms with Gasteiger partial charge < -0.3 is 15.5 Å². The van der Waals surface area contributed by atoms with Gasteiger partial charge in [0.1, 0.15) is 11.7 Å². The smallest absolute Gasteiger partial charge is 0.233 e. The number of aliphatic imine (C=N–C) groups is 1. The Morgan fingerprint density at radius 2 is 2.00 bits per heavy atom. The van der Waals surface area contributed by atoms with Gasteiger partial charge in [0.05, 0.1) is 6.54 Å². The zero-order valence-electron chi connectivity index (χ0n) is 15.7. The number of piperazine rings is 1. The van der Waals surface area contributed by atoms with Gasteiger partial charge in [-0.15, -0.1) is 0 Å². The number of hydrogen-bond acceptors (Lipinski definition) is 7. The molecule has 4 rings (SSSR count). The van der Waals surface area contributed by atoms with Crippen LogP contribution < -0.4 is 15.5 Å². The van der Waals surface area contributed by atoms with Gasteiger partial charge in [-0.05, 0) is 42.3 Å². The van der Waals surface area contributed by atoms with Gasteiger partial charge in [-0.3, -0.25) is 4.99 Å². The van der Waals surface area contributed by atoms with Crippen LogP contribution in [0.2, 0.25) is 0 Å². The monoisotopic (exact) mass is 379 g/mol. The lowest BCUT2D eigenvalue weighted by molar-refractivity contribution is 0.579. The molecule has 2 aliphatic rings. The van der Waals surface area contributed by atoms with E-state index in [1.807, 2.05) is 19.1 Å². The molecule has 144 valence electrons. The first-order chi connectivity index (χ1) is 13.7. The third-order valence-electron chi connectivity index (χ3n) is 4.44. The molecule has 8 heteroatoms. The van der Waals surface area contributed by atoms with Crippen LogP contribution in [-0.4, -0.2) is 53.5 Å². The van der Waals surface area contributed by atoms with Crippen molar-refractivity contribution in [2.24, 2.45) is 4.99 Å². The van der Waals surface area contributed by atoms with Gasteiger partial charge in [0.25, 0.3) is 0 Å². The van der Waals surface area contributed by atoms with Crippen LogP contribution >= 0.6 is 0 Å². The fraction of sp³-hybridized carbons (Fsp3) is 0.300. The number of anilines is 2. The number of nitrogens with one attached hydrogen (secondary N) is 2. The molecule has 0 atom stereocenters. The van der Waals surface area contributed by atoms with Crippen LogP contribution in [0.3, 0.4) is 0 Å². The van der Waals surface area contributed by atoms with Crippen LogP contribution in [0.4, 0.5) is 16.3 Å². The zero-order valence-corrected chi connectivity index (χ0v) is 15.7. The van der Waals surface area contributed by atoms with E-state index in [4.69, 9.17) is 0 Å². The van der Waals surface area contributed by atoms with Crippen LogP contribution in [-0.2, 0) is 0 Å². The Bertz CT molecular complexity index is 945. The summed E-state index contributed by atoms with van der Waals surface area (Å²) in [5, 5.41) is 6.50. The quantitative estimate of drug-likeness (QED) is 0.849. The molecule has 0 saturated carbocycles. The van der Waals surface area contributed by atoms with Gasteiger partial charge >= 0.3 is 0 Å². The second-order valence-electron chi connectivity index (χ2n) is 6.76. The molecule has 2 aromatic rings. The van der Waals surface area contributed by atoms with Crippen molar-refractivity contribution in [2.75, 3.05) is 42.9 Å². The molecule has 7 nitrogen and oxygen atoms in total. The Morgan fingerprint density at radius 1 is 1.14 bits per heavy atom. The molecular formula is C20H22FN7. The SMILES string of the molecule is CC1=CC(Nc2nc(/C=C/c3cccc(F)c3)nc(N3CCNCC3)n2)=NC1. The third-order valence-corrected chi connectivity index (χ3v) is 4.44. The number of rotatable bonds is 4. The van der Waals surface area contributed by atoms with Crippen molar-refractivity contribution in [3.63, 3.8) is 0 Å². The third kappa shape index (κ3) is 4.58. The highest BCUT2D eigenvalue weighted by Gasteiger charge is 2.16. The first kappa shape index (κ1) is 18.2. The summed E-state index contributed by atoms with van der Waals surface area (Å²) in [5.74, 6) is 2.05. The van der Waals surface area contributed by atoms with E-state index in [9.17, 15) is 4.39 Å². The van der Waals surface area contributed by atoms with Crippen LogP contribution in [0.15, 0.2) is 40.9 Å². The van der Waals surface area contributed by atoms with Crippen molar-refractivity contribution in [1.29, 1.82) is 0 Å². The summed E-state index contributed by atoms with van der Waals surface area (Å²) in [4.78, 5) is 20.2. The molecule has 0 amide bonds. The molecular weight excluding hydrogens is 357 g/mol. The molecule has 2 aliphatic heterocycles. The minimum Gasteiger partial charge on any atom is -0.338 e. The maximum absolute atomic E-state index is 13.4. The molecule has 1 fully saturated rings. The maximum Gasteiger partial charge on any atom is 0.233 e. The predicted octanol–water partition coefficient (Wildman–Crippen LogP) is 2.36. The van der Waals surface area contributed by atoms with E-state index in [1.165, 1.54) is 17.7 Å². The van der Waals surface area contributed by atoms with Crippen LogP contribution in [0, 0.1) is 5.82 Å². The Hall–Kier alpha value is -3.13. The number of aromatic nitrogens is 3. The predicted molar refractivity (Wildman–Crippen MR) is 110 cm³/mol. The van der Waals surface area contributed by atoms with Gasteiger partial charge in [0.2, 0.25) is 11.9 Å². The van der Waals surface area contributed by atoms with Gasteiger partial charge in [-0.25, -0.2) is 4.39 Å². The largest absolute Gasteiger partial charge is 0.338 e. The van der Waals surface area contributed by atoms with E-state index in [0.29, 0.717) is 24.3 Å². The summed E-state index contributed by atoms with van der Waals surface area (Å²) < 4.78 is 13.4. The highest BCUT2D eigenvalue weighted by Crippen LogP contribution is 2.15. The number of benzene rings is 1. The second-order valence-corrected chi connectivity index (χ2v) is 6.76. The van der Waals surface area contributed by atoms with Crippen LogP contribution in [0.25, 0.3) is 12.2 Å². The minimum absolute atomic E-state index is 0.275. The zero-order chi connectivity index (χ0) is 19.3. The molecule has 0 spiro atoms. The fourth-order valence-corrected chi connectivity index (χ4v) is 3.02. The van der Waals surface area contributed by atoms with E-state index in [0.717, 1.165) is 37.6 Å². The normalized spacial score (nSPS) is 17.0. The topological polar surface area (TPSA) is 78.3 Å². The molecule has 2 N–H and O–H groups in total. The Balaban J connectivity index is 1.62. The van der Waals surface area contributed by atoms with E-state index in [-0.39, 0.29) is 5.82 Å². The molecule has 1 saturated heterocycles. The van der Waals surface area contributed by atoms with Crippen molar-refractivity contribution < 1.29 is 4.39 Å². The van der Waals surface area contributed by atoms with E-state index >= 15 is 0 Å². The van der Waals surface area contributed by atoms with Crippen molar-refractivity contribution in [1.82, 2.24) is 20.3 Å². The van der Waals surface area contributed by atoms with E-state index in [1.54, 1.807) is 18.2 Å². The van der Waals surface area contributed by atoms with E-state index in [2.05, 4.69) is 35.5 Å². The summed E-state index contributed by atoms with van der Waals surface area (Å²) in [6.07, 6.45) is 5.54. The standard InChI is InChI=1S/C20H22FN7/c1-14-11-18(23-13-14)25-19-24-17(6-5-15-3-2-4-16(21)12-15)26-20(27-19)28-9-7-22-8-10-28/h2-6,11-12,22H,7-10,13H2,1H3,(H,23,24,25,26,27)/b6-5+. The molecule has 0 aliphatic carbocycles. The summed E-state index contributed by atoms with van der Waals surface area (Å²) in [6.45, 7) is 6.15. The Labute approximate surface area is 163 Å². The lowest BCUT2D eigenvalue weighted by atomic mass is 10.2. The number of nitrogens with zero attached hydrogens (tertiary/aromatic N) is 5. The van der Waals surface area contributed by atoms with Gasteiger partial charge in [0.15, 0.2) is 5.82 Å². The summed E-state index contributed by atoms with van der Waals surface area (Å²) in [6, 6.07) is 6.39.